The molecule has 106 valence electrons. The van der Waals surface area contributed by atoms with Gasteiger partial charge in [-0.25, -0.2) is 8.42 Å². The second-order valence-corrected chi connectivity index (χ2v) is 6.94. The average Bonchev–Trinajstić information content (AvgIpc) is 2.35. The Morgan fingerprint density at radius 2 is 1.74 bits per heavy atom. The van der Waals surface area contributed by atoms with Gasteiger partial charge in [0, 0.05) is 0 Å². The number of carbonyl (C=O) groups is 1. The Hall–Kier alpha value is -1.40. The molecule has 0 aliphatic rings. The van der Waals surface area contributed by atoms with Gasteiger partial charge >= 0.3 is 5.97 Å². The molecule has 0 amide bonds. The predicted molar refractivity (Wildman–Crippen MR) is 72.3 cm³/mol. The lowest BCUT2D eigenvalue weighted by Crippen LogP contribution is -2.30. The topological polar surface area (TPSA) is 72.5 Å². The first-order chi connectivity index (χ1) is 8.66. The number of hydrogen-bond acceptors (Lipinski definition) is 4. The summed E-state index contributed by atoms with van der Waals surface area (Å²) in [5.74, 6) is -0.630. The van der Waals surface area contributed by atoms with Crippen LogP contribution in [0.5, 0.6) is 0 Å². The van der Waals surface area contributed by atoms with E-state index < -0.39 is 16.0 Å². The van der Waals surface area contributed by atoms with Crippen molar-refractivity contribution >= 4 is 16.0 Å². The summed E-state index contributed by atoms with van der Waals surface area (Å²) in [6.45, 7) is 5.77. The van der Waals surface area contributed by atoms with E-state index in [1.54, 1.807) is 12.1 Å². The number of methoxy groups -OCH3 is 1. The lowest BCUT2D eigenvalue weighted by molar-refractivity contribution is -0.139. The van der Waals surface area contributed by atoms with Crippen molar-refractivity contribution in [3.05, 3.63) is 29.8 Å². The first kappa shape index (κ1) is 15.7. The van der Waals surface area contributed by atoms with Crippen LogP contribution in [0.2, 0.25) is 0 Å². The molecule has 1 rings (SSSR count). The molecule has 0 aliphatic carbocycles. The van der Waals surface area contributed by atoms with Gasteiger partial charge in [-0.15, -0.1) is 0 Å². The molecular formula is C13H19NO4S. The Bertz CT molecular complexity index is 541. The van der Waals surface area contributed by atoms with Crippen LogP contribution < -0.4 is 4.72 Å². The van der Waals surface area contributed by atoms with Gasteiger partial charge in [-0.05, 0) is 23.1 Å². The normalized spacial score (nSPS) is 12.2. The van der Waals surface area contributed by atoms with Gasteiger partial charge in [0.25, 0.3) is 0 Å². The molecule has 5 nitrogen and oxygen atoms in total. The van der Waals surface area contributed by atoms with E-state index in [2.05, 4.69) is 9.46 Å². The van der Waals surface area contributed by atoms with Crippen molar-refractivity contribution in [2.75, 3.05) is 13.7 Å². The molecule has 0 aliphatic heterocycles. The standard InChI is InChI=1S/C13H19NO4S/c1-13(2,3)10-5-7-11(8-6-10)19(16,17)14-9-12(15)18-4/h5-8,14H,9H2,1-4H3. The van der Waals surface area contributed by atoms with Crippen LogP contribution in [-0.2, 0) is 25.0 Å². The molecule has 0 saturated heterocycles. The van der Waals surface area contributed by atoms with Crippen molar-refractivity contribution in [2.45, 2.75) is 31.1 Å². The maximum absolute atomic E-state index is 11.9. The highest BCUT2D eigenvalue weighted by atomic mass is 32.2. The third-order valence-electron chi connectivity index (χ3n) is 2.66. The van der Waals surface area contributed by atoms with Crippen molar-refractivity contribution in [1.29, 1.82) is 0 Å². The van der Waals surface area contributed by atoms with E-state index in [4.69, 9.17) is 0 Å². The molecular weight excluding hydrogens is 266 g/mol. The molecule has 19 heavy (non-hydrogen) atoms. The van der Waals surface area contributed by atoms with Gasteiger partial charge < -0.3 is 4.74 Å². The monoisotopic (exact) mass is 285 g/mol. The van der Waals surface area contributed by atoms with Crippen LogP contribution in [-0.4, -0.2) is 28.0 Å². The Balaban J connectivity index is 2.88. The second-order valence-electron chi connectivity index (χ2n) is 5.18. The summed E-state index contributed by atoms with van der Waals surface area (Å²) >= 11 is 0. The number of rotatable bonds is 4. The number of ether oxygens (including phenoxy) is 1. The first-order valence-corrected chi connectivity index (χ1v) is 7.32. The highest BCUT2D eigenvalue weighted by Gasteiger charge is 2.18. The number of sulfonamides is 1. The average molecular weight is 285 g/mol. The minimum absolute atomic E-state index is 0.0399. The molecule has 1 aromatic rings. The number of hydrogen-bond donors (Lipinski definition) is 1. The Labute approximate surface area is 114 Å². The van der Waals surface area contributed by atoms with Crippen molar-refractivity contribution in [3.8, 4) is 0 Å². The minimum atomic E-state index is -3.68. The van der Waals surface area contributed by atoms with Crippen LogP contribution in [0.1, 0.15) is 26.3 Å². The van der Waals surface area contributed by atoms with E-state index in [1.165, 1.54) is 19.2 Å². The Kier molecular flexibility index (Phi) is 4.70. The third-order valence-corrected chi connectivity index (χ3v) is 4.08. The molecule has 1 N–H and O–H groups in total. The van der Waals surface area contributed by atoms with Gasteiger partial charge in [0.2, 0.25) is 10.0 Å². The van der Waals surface area contributed by atoms with E-state index in [-0.39, 0.29) is 16.9 Å². The molecule has 0 unspecified atom stereocenters. The summed E-state index contributed by atoms with van der Waals surface area (Å²) in [5.41, 5.74) is 1.00. The molecule has 0 heterocycles. The molecule has 0 spiro atoms. The zero-order valence-corrected chi connectivity index (χ0v) is 12.4. The summed E-state index contributed by atoms with van der Waals surface area (Å²) in [6.07, 6.45) is 0. The Morgan fingerprint density at radius 3 is 2.16 bits per heavy atom. The van der Waals surface area contributed by atoms with Gasteiger partial charge in [-0.1, -0.05) is 32.9 Å². The van der Waals surface area contributed by atoms with Gasteiger partial charge in [0.15, 0.2) is 0 Å². The van der Waals surface area contributed by atoms with Crippen LogP contribution >= 0.6 is 0 Å². The number of nitrogens with one attached hydrogen (secondary N) is 1. The predicted octanol–water partition coefficient (Wildman–Crippen LogP) is 1.44. The van der Waals surface area contributed by atoms with Crippen molar-refractivity contribution in [1.82, 2.24) is 4.72 Å². The first-order valence-electron chi connectivity index (χ1n) is 5.84. The van der Waals surface area contributed by atoms with E-state index in [9.17, 15) is 13.2 Å². The minimum Gasteiger partial charge on any atom is -0.468 e. The number of carbonyl (C=O) groups excluding carboxylic acids is 1. The van der Waals surface area contributed by atoms with Crippen LogP contribution in [0.3, 0.4) is 0 Å². The summed E-state index contributed by atoms with van der Waals surface area (Å²) < 4.78 is 30.4. The smallest absolute Gasteiger partial charge is 0.320 e. The van der Waals surface area contributed by atoms with E-state index in [0.717, 1.165) is 5.56 Å². The molecule has 0 fully saturated rings. The van der Waals surface area contributed by atoms with Crippen LogP contribution in [0, 0.1) is 0 Å². The third kappa shape index (κ3) is 4.33. The number of benzene rings is 1. The number of esters is 1. The molecule has 0 bridgehead atoms. The highest BCUT2D eigenvalue weighted by molar-refractivity contribution is 7.89. The maximum Gasteiger partial charge on any atom is 0.320 e. The lowest BCUT2D eigenvalue weighted by atomic mass is 9.87. The maximum atomic E-state index is 11.9. The Morgan fingerprint density at radius 1 is 1.21 bits per heavy atom. The van der Waals surface area contributed by atoms with E-state index in [1.807, 2.05) is 20.8 Å². The zero-order chi connectivity index (χ0) is 14.7. The summed E-state index contributed by atoms with van der Waals surface area (Å²) in [5, 5.41) is 0. The van der Waals surface area contributed by atoms with Crippen LogP contribution in [0.4, 0.5) is 0 Å². The molecule has 1 aromatic carbocycles. The quantitative estimate of drug-likeness (QED) is 0.850. The van der Waals surface area contributed by atoms with Gasteiger partial charge in [-0.2, -0.15) is 4.72 Å². The van der Waals surface area contributed by atoms with Crippen molar-refractivity contribution in [3.63, 3.8) is 0 Å². The van der Waals surface area contributed by atoms with Gasteiger partial charge in [0.05, 0.1) is 12.0 Å². The van der Waals surface area contributed by atoms with E-state index >= 15 is 0 Å². The fourth-order valence-corrected chi connectivity index (χ4v) is 2.41. The summed E-state index contributed by atoms with van der Waals surface area (Å²) in [6, 6.07) is 6.60. The summed E-state index contributed by atoms with van der Waals surface area (Å²) in [7, 11) is -2.48. The lowest BCUT2D eigenvalue weighted by Gasteiger charge is -2.19. The summed E-state index contributed by atoms with van der Waals surface area (Å²) in [4.78, 5) is 11.1. The van der Waals surface area contributed by atoms with Crippen LogP contribution in [0.25, 0.3) is 0 Å². The van der Waals surface area contributed by atoms with Crippen molar-refractivity contribution < 1.29 is 17.9 Å². The van der Waals surface area contributed by atoms with Crippen molar-refractivity contribution in [2.24, 2.45) is 0 Å². The van der Waals surface area contributed by atoms with Gasteiger partial charge in [-0.3, -0.25) is 4.79 Å². The fourth-order valence-electron chi connectivity index (χ4n) is 1.44. The van der Waals surface area contributed by atoms with Gasteiger partial charge in [0.1, 0.15) is 6.54 Å². The molecule has 0 radical (unpaired) electrons. The molecule has 0 atom stereocenters. The molecule has 0 saturated carbocycles. The molecule has 6 heteroatoms. The van der Waals surface area contributed by atoms with E-state index in [0.29, 0.717) is 0 Å². The van der Waals surface area contributed by atoms with Crippen LogP contribution in [0.15, 0.2) is 29.2 Å². The SMILES string of the molecule is COC(=O)CNS(=O)(=O)c1ccc(C(C)(C)C)cc1. The highest BCUT2D eigenvalue weighted by Crippen LogP contribution is 2.23. The fraction of sp³-hybridized carbons (Fsp3) is 0.462. The largest absolute Gasteiger partial charge is 0.468 e. The zero-order valence-electron chi connectivity index (χ0n) is 11.6. The molecule has 0 aromatic heterocycles. The second kappa shape index (κ2) is 5.71.